The monoisotopic (exact) mass is 444 g/mol. The molecule has 0 aliphatic carbocycles. The number of hydrogen-bond donors (Lipinski definition) is 2. The average molecular weight is 445 g/mol. The van der Waals surface area contributed by atoms with Gasteiger partial charge in [-0.05, 0) is 48.5 Å². The van der Waals surface area contributed by atoms with Crippen molar-refractivity contribution in [2.75, 3.05) is 12.5 Å². The molecule has 0 spiro atoms. The number of rotatable bonds is 8. The maximum absolute atomic E-state index is 10.9. The molecule has 0 saturated carbocycles. The first-order chi connectivity index (χ1) is 14.5. The molecule has 0 amide bonds. The van der Waals surface area contributed by atoms with E-state index in [1.165, 1.54) is 12.1 Å². The molecule has 154 valence electrons. The Bertz CT molecular complexity index is 1050. The number of hydrogen-bond acceptors (Lipinski definition) is 5. The first-order valence-corrected chi connectivity index (χ1v) is 9.60. The molecule has 0 saturated heterocycles. The fraction of sp³-hybridized carbons (Fsp3) is 0.0909. The molecule has 3 rings (SSSR count). The Hall–Kier alpha value is -3.22. The van der Waals surface area contributed by atoms with Crippen molar-refractivity contribution in [3.05, 3.63) is 87.4 Å². The van der Waals surface area contributed by atoms with E-state index < -0.39 is 5.97 Å². The van der Waals surface area contributed by atoms with Gasteiger partial charge in [-0.15, -0.1) is 0 Å². The van der Waals surface area contributed by atoms with Gasteiger partial charge in [0.2, 0.25) is 0 Å². The standard InChI is InChI=1S/C22H18Cl2N2O4/c1-29-20-7-2-4-15(12-25-26-16-10-8-14(9-11-16)22(27)28)21(20)30-13-17-18(23)5-3-6-19(17)24/h2-12,26H,13H2,1H3,(H,27,28). The van der Waals surface area contributed by atoms with Crippen molar-refractivity contribution in [3.8, 4) is 11.5 Å². The Balaban J connectivity index is 1.78. The number of ether oxygens (including phenoxy) is 2. The number of aromatic carboxylic acids is 1. The quantitative estimate of drug-likeness (QED) is 0.342. The van der Waals surface area contributed by atoms with Crippen LogP contribution in [0.4, 0.5) is 5.69 Å². The average Bonchev–Trinajstić information content (AvgIpc) is 2.74. The molecule has 0 radical (unpaired) electrons. The van der Waals surface area contributed by atoms with E-state index in [0.29, 0.717) is 38.4 Å². The van der Waals surface area contributed by atoms with E-state index in [1.54, 1.807) is 49.7 Å². The summed E-state index contributed by atoms with van der Waals surface area (Å²) < 4.78 is 11.4. The van der Waals surface area contributed by atoms with Crippen molar-refractivity contribution in [2.24, 2.45) is 5.10 Å². The summed E-state index contributed by atoms with van der Waals surface area (Å²) in [7, 11) is 1.55. The summed E-state index contributed by atoms with van der Waals surface area (Å²) in [5.74, 6) is 0.0394. The number of nitrogens with one attached hydrogen (secondary N) is 1. The topological polar surface area (TPSA) is 80.2 Å². The number of methoxy groups -OCH3 is 1. The van der Waals surface area contributed by atoms with Crippen LogP contribution in [0, 0.1) is 0 Å². The highest BCUT2D eigenvalue weighted by Gasteiger charge is 2.12. The molecule has 0 heterocycles. The SMILES string of the molecule is COc1cccc(C=NNc2ccc(C(=O)O)cc2)c1OCc1c(Cl)cccc1Cl. The second kappa shape index (κ2) is 10.0. The summed E-state index contributed by atoms with van der Waals surface area (Å²) in [5.41, 5.74) is 5.04. The van der Waals surface area contributed by atoms with Gasteiger partial charge in [0, 0.05) is 21.2 Å². The number of carbonyl (C=O) groups is 1. The van der Waals surface area contributed by atoms with Gasteiger partial charge in [-0.25, -0.2) is 4.79 Å². The van der Waals surface area contributed by atoms with Gasteiger partial charge in [0.05, 0.1) is 24.6 Å². The third kappa shape index (κ3) is 5.23. The van der Waals surface area contributed by atoms with E-state index in [1.807, 2.05) is 12.1 Å². The van der Waals surface area contributed by atoms with E-state index in [4.69, 9.17) is 37.8 Å². The highest BCUT2D eigenvalue weighted by atomic mass is 35.5. The van der Waals surface area contributed by atoms with Crippen molar-refractivity contribution in [1.29, 1.82) is 0 Å². The van der Waals surface area contributed by atoms with Crippen LogP contribution < -0.4 is 14.9 Å². The van der Waals surface area contributed by atoms with Crippen LogP contribution in [0.3, 0.4) is 0 Å². The van der Waals surface area contributed by atoms with Gasteiger partial charge in [0.25, 0.3) is 0 Å². The fourth-order valence-corrected chi connectivity index (χ4v) is 3.13. The van der Waals surface area contributed by atoms with E-state index in [2.05, 4.69) is 10.5 Å². The summed E-state index contributed by atoms with van der Waals surface area (Å²) >= 11 is 12.4. The van der Waals surface area contributed by atoms with E-state index in [-0.39, 0.29) is 12.2 Å². The summed E-state index contributed by atoms with van der Waals surface area (Å²) in [5, 5.41) is 14.2. The maximum atomic E-state index is 10.9. The van der Waals surface area contributed by atoms with Crippen LogP contribution in [0.15, 0.2) is 65.8 Å². The maximum Gasteiger partial charge on any atom is 0.335 e. The molecule has 3 aromatic rings. The second-order valence-electron chi connectivity index (χ2n) is 6.12. The van der Waals surface area contributed by atoms with Crippen molar-refractivity contribution in [2.45, 2.75) is 6.61 Å². The second-order valence-corrected chi connectivity index (χ2v) is 6.93. The van der Waals surface area contributed by atoms with E-state index >= 15 is 0 Å². The largest absolute Gasteiger partial charge is 0.493 e. The lowest BCUT2D eigenvalue weighted by atomic mass is 10.2. The van der Waals surface area contributed by atoms with Crippen LogP contribution in [0.1, 0.15) is 21.5 Å². The summed E-state index contributed by atoms with van der Waals surface area (Å²) in [4.78, 5) is 10.9. The summed E-state index contributed by atoms with van der Waals surface area (Å²) in [6, 6.07) is 16.9. The minimum atomic E-state index is -0.984. The molecule has 6 nitrogen and oxygen atoms in total. The molecule has 3 aromatic carbocycles. The minimum Gasteiger partial charge on any atom is -0.493 e. The van der Waals surface area contributed by atoms with Gasteiger partial charge in [-0.1, -0.05) is 35.3 Å². The van der Waals surface area contributed by atoms with Crippen LogP contribution in [-0.4, -0.2) is 24.4 Å². The lowest BCUT2D eigenvalue weighted by Crippen LogP contribution is -2.02. The Labute approximate surface area is 183 Å². The highest BCUT2D eigenvalue weighted by Crippen LogP contribution is 2.33. The van der Waals surface area contributed by atoms with Crippen molar-refractivity contribution in [3.63, 3.8) is 0 Å². The number of hydrazone groups is 1. The number of carboxylic acids is 1. The predicted molar refractivity (Wildman–Crippen MR) is 118 cm³/mol. The molecule has 0 aromatic heterocycles. The molecule has 8 heteroatoms. The van der Waals surface area contributed by atoms with Crippen LogP contribution in [0.2, 0.25) is 10.0 Å². The zero-order valence-electron chi connectivity index (χ0n) is 15.9. The van der Waals surface area contributed by atoms with E-state index in [9.17, 15) is 4.79 Å². The van der Waals surface area contributed by atoms with Crippen LogP contribution >= 0.6 is 23.2 Å². The Morgan fingerprint density at radius 1 is 1.07 bits per heavy atom. The molecular weight excluding hydrogens is 427 g/mol. The van der Waals surface area contributed by atoms with Crippen molar-refractivity contribution >= 4 is 41.1 Å². The number of benzene rings is 3. The summed E-state index contributed by atoms with van der Waals surface area (Å²) in [6.07, 6.45) is 1.58. The normalized spacial score (nSPS) is 10.8. The van der Waals surface area contributed by atoms with E-state index in [0.717, 1.165) is 0 Å². The van der Waals surface area contributed by atoms with Crippen LogP contribution in [0.5, 0.6) is 11.5 Å². The first kappa shape index (κ1) is 21.5. The van der Waals surface area contributed by atoms with Gasteiger partial charge >= 0.3 is 5.97 Å². The molecule has 0 aliphatic rings. The first-order valence-electron chi connectivity index (χ1n) is 8.84. The Morgan fingerprint density at radius 2 is 1.73 bits per heavy atom. The highest BCUT2D eigenvalue weighted by molar-refractivity contribution is 6.35. The zero-order valence-corrected chi connectivity index (χ0v) is 17.4. The van der Waals surface area contributed by atoms with Gasteiger partial charge < -0.3 is 14.6 Å². The number of carboxylic acid groups (broad SMARTS) is 1. The lowest BCUT2D eigenvalue weighted by molar-refractivity contribution is 0.0697. The molecule has 2 N–H and O–H groups in total. The fourth-order valence-electron chi connectivity index (χ4n) is 2.63. The minimum absolute atomic E-state index is 0.157. The third-order valence-electron chi connectivity index (χ3n) is 4.18. The van der Waals surface area contributed by atoms with Gasteiger partial charge in [-0.3, -0.25) is 5.43 Å². The molecule has 0 aliphatic heterocycles. The molecule has 0 fully saturated rings. The molecule has 0 bridgehead atoms. The molecular formula is C22H18Cl2N2O4. The van der Waals surface area contributed by atoms with Gasteiger partial charge in [-0.2, -0.15) is 5.10 Å². The van der Waals surface area contributed by atoms with Crippen molar-refractivity contribution < 1.29 is 19.4 Å². The number of nitrogens with zero attached hydrogens (tertiary/aromatic N) is 1. The van der Waals surface area contributed by atoms with Gasteiger partial charge in [0.1, 0.15) is 6.61 Å². The third-order valence-corrected chi connectivity index (χ3v) is 4.89. The number of halogens is 2. The van der Waals surface area contributed by atoms with Gasteiger partial charge in [0.15, 0.2) is 11.5 Å². The van der Waals surface area contributed by atoms with Crippen LogP contribution in [-0.2, 0) is 6.61 Å². The smallest absolute Gasteiger partial charge is 0.335 e. The molecule has 30 heavy (non-hydrogen) atoms. The Kier molecular flexibility index (Phi) is 7.17. The Morgan fingerprint density at radius 3 is 2.37 bits per heavy atom. The summed E-state index contributed by atoms with van der Waals surface area (Å²) in [6.45, 7) is 0.157. The molecule has 0 atom stereocenters. The lowest BCUT2D eigenvalue weighted by Gasteiger charge is -2.14. The number of anilines is 1. The number of para-hydroxylation sites is 1. The molecule has 0 unspecified atom stereocenters. The predicted octanol–water partition coefficient (Wildman–Crippen LogP) is 5.73. The van der Waals surface area contributed by atoms with Crippen molar-refractivity contribution in [1.82, 2.24) is 0 Å². The zero-order chi connectivity index (χ0) is 21.5. The van der Waals surface area contributed by atoms with Crippen LogP contribution in [0.25, 0.3) is 0 Å².